The summed E-state index contributed by atoms with van der Waals surface area (Å²) in [5.74, 6) is 1.16. The molecule has 0 heterocycles. The molecule has 27 heavy (non-hydrogen) atoms. The second-order valence-corrected chi connectivity index (χ2v) is 7.28. The number of hydrogen-bond donors (Lipinski definition) is 0. The second-order valence-electron chi connectivity index (χ2n) is 7.28. The Labute approximate surface area is 164 Å². The molecule has 0 radical (unpaired) electrons. The Kier molecular flexibility index (Phi) is 8.38. The molecular weight excluding hydrogens is 334 g/mol. The molecule has 0 spiro atoms. The molecule has 2 aromatic carbocycles. The van der Waals surface area contributed by atoms with Crippen molar-refractivity contribution >= 4 is 5.91 Å². The first-order valence-electron chi connectivity index (χ1n) is 10.1. The van der Waals surface area contributed by atoms with Gasteiger partial charge in [-0.1, -0.05) is 56.3 Å². The Morgan fingerprint density at radius 1 is 0.889 bits per heavy atom. The minimum Gasteiger partial charge on any atom is -0.491 e. The quantitative estimate of drug-likeness (QED) is 0.543. The van der Waals surface area contributed by atoms with Gasteiger partial charge in [-0.25, -0.2) is 0 Å². The lowest BCUT2D eigenvalue weighted by molar-refractivity contribution is -0.131. The maximum Gasteiger partial charge on any atom is 0.223 e. The monoisotopic (exact) mass is 367 g/mol. The molecule has 0 aliphatic carbocycles. The normalized spacial score (nSPS) is 12.0. The maximum atomic E-state index is 13.0. The fraction of sp³-hybridized carbons (Fsp3) is 0.458. The molecular formula is C24H33NO2. The minimum absolute atomic E-state index is 0.0583. The van der Waals surface area contributed by atoms with Crippen molar-refractivity contribution in [1.82, 2.24) is 4.90 Å². The Morgan fingerprint density at radius 3 is 1.96 bits per heavy atom. The van der Waals surface area contributed by atoms with Crippen LogP contribution in [0.5, 0.6) is 5.75 Å². The van der Waals surface area contributed by atoms with Crippen LogP contribution in [0.4, 0.5) is 0 Å². The lowest BCUT2D eigenvalue weighted by atomic mass is 9.88. The van der Waals surface area contributed by atoms with Crippen molar-refractivity contribution in [3.05, 3.63) is 65.7 Å². The van der Waals surface area contributed by atoms with E-state index in [1.54, 1.807) is 0 Å². The Morgan fingerprint density at radius 2 is 1.44 bits per heavy atom. The Bertz CT molecular complexity index is 673. The van der Waals surface area contributed by atoms with Crippen LogP contribution in [0.15, 0.2) is 54.6 Å². The van der Waals surface area contributed by atoms with Gasteiger partial charge in [-0.05, 0) is 49.9 Å². The number of ether oxygens (including phenoxy) is 1. The highest BCUT2D eigenvalue weighted by atomic mass is 16.5. The number of carbonyl (C=O) groups excluding carboxylic acids is 1. The van der Waals surface area contributed by atoms with Crippen LogP contribution >= 0.6 is 0 Å². The van der Waals surface area contributed by atoms with E-state index in [4.69, 9.17) is 4.74 Å². The van der Waals surface area contributed by atoms with Gasteiger partial charge < -0.3 is 9.64 Å². The summed E-state index contributed by atoms with van der Waals surface area (Å²) in [7, 11) is 0. The van der Waals surface area contributed by atoms with Crippen LogP contribution in [0, 0.1) is 0 Å². The number of amides is 1. The molecule has 2 aromatic rings. The average Bonchev–Trinajstić information content (AvgIpc) is 2.67. The zero-order valence-electron chi connectivity index (χ0n) is 17.2. The van der Waals surface area contributed by atoms with Crippen LogP contribution in [0.1, 0.15) is 64.0 Å². The summed E-state index contributed by atoms with van der Waals surface area (Å²) in [6.45, 7) is 9.95. The summed E-state index contributed by atoms with van der Waals surface area (Å²) in [6, 6.07) is 18.5. The van der Waals surface area contributed by atoms with Crippen molar-refractivity contribution in [2.24, 2.45) is 0 Å². The van der Waals surface area contributed by atoms with Gasteiger partial charge in [-0.15, -0.1) is 0 Å². The Balaban J connectivity index is 2.25. The molecule has 3 nitrogen and oxygen atoms in total. The number of benzene rings is 2. The fourth-order valence-electron chi connectivity index (χ4n) is 3.37. The van der Waals surface area contributed by atoms with E-state index >= 15 is 0 Å². The first-order chi connectivity index (χ1) is 13.0. The lowest BCUT2D eigenvalue weighted by Crippen LogP contribution is -2.33. The highest BCUT2D eigenvalue weighted by Gasteiger charge is 2.21. The van der Waals surface area contributed by atoms with Gasteiger partial charge in [-0.3, -0.25) is 4.79 Å². The molecule has 1 atom stereocenters. The maximum absolute atomic E-state index is 13.0. The van der Waals surface area contributed by atoms with E-state index in [9.17, 15) is 4.79 Å². The topological polar surface area (TPSA) is 29.5 Å². The summed E-state index contributed by atoms with van der Waals surface area (Å²) in [6.07, 6.45) is 2.62. The summed E-state index contributed by atoms with van der Waals surface area (Å²) in [5, 5.41) is 0. The minimum atomic E-state index is 0.0583. The number of nitrogens with zero attached hydrogens (tertiary/aromatic N) is 1. The van der Waals surface area contributed by atoms with E-state index < -0.39 is 0 Å². The van der Waals surface area contributed by atoms with E-state index in [1.165, 1.54) is 5.56 Å². The summed E-state index contributed by atoms with van der Waals surface area (Å²) >= 11 is 0. The molecule has 0 fully saturated rings. The van der Waals surface area contributed by atoms with Gasteiger partial charge in [0.25, 0.3) is 0 Å². The van der Waals surface area contributed by atoms with E-state index in [0.717, 1.165) is 37.2 Å². The predicted octanol–water partition coefficient (Wildman–Crippen LogP) is 5.64. The standard InChI is InChI=1S/C24H33NO2/c1-5-16-25(17-6-2)24(26)18-23(20-10-8-7-9-11-20)21-12-14-22(15-13-21)27-19(3)4/h7-15,19,23H,5-6,16-18H2,1-4H3. The lowest BCUT2D eigenvalue weighted by Gasteiger charge is -2.25. The molecule has 1 amide bonds. The number of carbonyl (C=O) groups is 1. The molecule has 0 bridgehead atoms. The third kappa shape index (κ3) is 6.42. The molecule has 0 aromatic heterocycles. The van der Waals surface area contributed by atoms with Crippen LogP contribution in [0.2, 0.25) is 0 Å². The molecule has 146 valence electrons. The van der Waals surface area contributed by atoms with Crippen LogP contribution in [-0.4, -0.2) is 30.0 Å². The van der Waals surface area contributed by atoms with Crippen molar-refractivity contribution in [2.75, 3.05) is 13.1 Å². The largest absolute Gasteiger partial charge is 0.491 e. The third-order valence-corrected chi connectivity index (χ3v) is 4.57. The van der Waals surface area contributed by atoms with Crippen molar-refractivity contribution in [3.63, 3.8) is 0 Å². The average molecular weight is 368 g/mol. The van der Waals surface area contributed by atoms with Crippen molar-refractivity contribution in [2.45, 2.75) is 59.0 Å². The molecule has 2 rings (SSSR count). The molecule has 0 aliphatic rings. The molecule has 3 heteroatoms. The predicted molar refractivity (Wildman–Crippen MR) is 112 cm³/mol. The summed E-state index contributed by atoms with van der Waals surface area (Å²) < 4.78 is 5.76. The summed E-state index contributed by atoms with van der Waals surface area (Å²) in [4.78, 5) is 15.0. The number of rotatable bonds is 10. The molecule has 0 aliphatic heterocycles. The molecule has 0 N–H and O–H groups in total. The van der Waals surface area contributed by atoms with Gasteiger partial charge in [0.05, 0.1) is 6.10 Å². The molecule has 0 saturated carbocycles. The van der Waals surface area contributed by atoms with Crippen LogP contribution in [0.25, 0.3) is 0 Å². The van der Waals surface area contributed by atoms with Gasteiger partial charge in [0.2, 0.25) is 5.91 Å². The highest BCUT2D eigenvalue weighted by molar-refractivity contribution is 5.77. The van der Waals surface area contributed by atoms with Crippen LogP contribution < -0.4 is 4.74 Å². The van der Waals surface area contributed by atoms with Crippen molar-refractivity contribution in [3.8, 4) is 5.75 Å². The SMILES string of the molecule is CCCN(CCC)C(=O)CC(c1ccccc1)c1ccc(OC(C)C)cc1. The zero-order chi connectivity index (χ0) is 19.6. The smallest absolute Gasteiger partial charge is 0.223 e. The zero-order valence-corrected chi connectivity index (χ0v) is 17.2. The van der Waals surface area contributed by atoms with Gasteiger partial charge in [0.15, 0.2) is 0 Å². The van der Waals surface area contributed by atoms with Crippen LogP contribution in [0.3, 0.4) is 0 Å². The van der Waals surface area contributed by atoms with Gasteiger partial charge >= 0.3 is 0 Å². The van der Waals surface area contributed by atoms with Crippen LogP contribution in [-0.2, 0) is 4.79 Å². The second kappa shape index (κ2) is 10.8. The van der Waals surface area contributed by atoms with Gasteiger partial charge in [-0.2, -0.15) is 0 Å². The highest BCUT2D eigenvalue weighted by Crippen LogP contribution is 2.30. The summed E-state index contributed by atoms with van der Waals surface area (Å²) in [5.41, 5.74) is 2.33. The van der Waals surface area contributed by atoms with E-state index in [-0.39, 0.29) is 17.9 Å². The third-order valence-electron chi connectivity index (χ3n) is 4.57. The first-order valence-corrected chi connectivity index (χ1v) is 10.1. The molecule has 0 saturated heterocycles. The van der Waals surface area contributed by atoms with Crippen molar-refractivity contribution < 1.29 is 9.53 Å². The van der Waals surface area contributed by atoms with E-state index in [2.05, 4.69) is 38.1 Å². The molecule has 1 unspecified atom stereocenters. The first kappa shape index (κ1) is 21.0. The van der Waals surface area contributed by atoms with Crippen molar-refractivity contribution in [1.29, 1.82) is 0 Å². The van der Waals surface area contributed by atoms with E-state index in [1.807, 2.05) is 49.1 Å². The fourth-order valence-corrected chi connectivity index (χ4v) is 3.37. The van der Waals surface area contributed by atoms with E-state index in [0.29, 0.717) is 6.42 Å². The van der Waals surface area contributed by atoms with Gasteiger partial charge in [0.1, 0.15) is 5.75 Å². The van der Waals surface area contributed by atoms with Gasteiger partial charge in [0, 0.05) is 25.4 Å². The Hall–Kier alpha value is -2.29. The number of hydrogen-bond acceptors (Lipinski definition) is 2.